The van der Waals surface area contributed by atoms with E-state index in [4.69, 9.17) is 21.3 Å². The van der Waals surface area contributed by atoms with Crippen molar-refractivity contribution < 1.29 is 4.74 Å². The average Bonchev–Trinajstić information content (AvgIpc) is 2.67. The van der Waals surface area contributed by atoms with Crippen molar-refractivity contribution in [3.63, 3.8) is 0 Å². The molecule has 0 N–H and O–H groups in total. The summed E-state index contributed by atoms with van der Waals surface area (Å²) in [6.07, 6.45) is 2.82. The maximum atomic E-state index is 6.60. The Morgan fingerprint density at radius 2 is 2.08 bits per heavy atom. The molecule has 0 aliphatic carbocycles. The quantitative estimate of drug-likeness (QED) is 0.609. The Kier molecular flexibility index (Phi) is 6.60. The minimum absolute atomic E-state index is 0.806. The van der Waals surface area contributed by atoms with E-state index in [-0.39, 0.29) is 0 Å². The molecule has 1 aliphatic heterocycles. The zero-order valence-corrected chi connectivity index (χ0v) is 17.6. The lowest BCUT2D eigenvalue weighted by atomic mass is 9.97. The number of hydrogen-bond acceptors (Lipinski definition) is 3. The van der Waals surface area contributed by atoms with Crippen molar-refractivity contribution in [1.29, 1.82) is 0 Å². The molecule has 0 aromatic heterocycles. The van der Waals surface area contributed by atoms with Crippen LogP contribution in [0.1, 0.15) is 30.0 Å². The Hall–Kier alpha value is -1.52. The van der Waals surface area contributed by atoms with Crippen LogP contribution in [0.3, 0.4) is 0 Å². The summed E-state index contributed by atoms with van der Waals surface area (Å²) in [6.45, 7) is 5.08. The average molecular weight is 436 g/mol. The third-order valence-corrected chi connectivity index (χ3v) is 5.62. The predicted octanol–water partition coefficient (Wildman–Crippen LogP) is 5.37. The van der Waals surface area contributed by atoms with Gasteiger partial charge in [0.2, 0.25) is 0 Å². The van der Waals surface area contributed by atoms with Gasteiger partial charge >= 0.3 is 0 Å². The molecule has 0 atom stereocenters. The van der Waals surface area contributed by atoms with Crippen LogP contribution < -0.4 is 4.74 Å². The summed E-state index contributed by atoms with van der Waals surface area (Å²) in [5.41, 5.74) is 3.49. The topological polar surface area (TPSA) is 24.8 Å². The van der Waals surface area contributed by atoms with E-state index in [0.717, 1.165) is 71.1 Å². The molecular formula is C21H24BrClN2O. The first-order chi connectivity index (χ1) is 12.6. The maximum Gasteiger partial charge on any atom is 0.131 e. The van der Waals surface area contributed by atoms with Crippen molar-refractivity contribution in [3.05, 3.63) is 62.6 Å². The lowest BCUT2D eigenvalue weighted by Gasteiger charge is -2.29. The van der Waals surface area contributed by atoms with Crippen LogP contribution in [-0.2, 0) is 12.8 Å². The second-order valence-electron chi connectivity index (χ2n) is 6.36. The number of rotatable bonds is 6. The van der Waals surface area contributed by atoms with Gasteiger partial charge in [-0.2, -0.15) is 0 Å². The first kappa shape index (κ1) is 19.2. The molecule has 0 radical (unpaired) electrons. The normalized spacial score (nSPS) is 14.3. The van der Waals surface area contributed by atoms with E-state index in [0.29, 0.717) is 0 Å². The van der Waals surface area contributed by atoms with Gasteiger partial charge in [-0.25, -0.2) is 0 Å². The number of nitrogens with zero attached hydrogens (tertiary/aromatic N) is 2. The van der Waals surface area contributed by atoms with E-state index in [1.807, 2.05) is 24.3 Å². The highest BCUT2D eigenvalue weighted by atomic mass is 79.9. The van der Waals surface area contributed by atoms with Gasteiger partial charge in [0.15, 0.2) is 0 Å². The van der Waals surface area contributed by atoms with E-state index in [1.165, 1.54) is 5.56 Å². The van der Waals surface area contributed by atoms with Crippen molar-refractivity contribution in [2.45, 2.75) is 26.2 Å². The maximum absolute atomic E-state index is 6.60. The van der Waals surface area contributed by atoms with E-state index in [2.05, 4.69) is 39.9 Å². The van der Waals surface area contributed by atoms with Crippen molar-refractivity contribution in [3.8, 4) is 5.75 Å². The van der Waals surface area contributed by atoms with Crippen molar-refractivity contribution in [2.75, 3.05) is 26.7 Å². The number of aryl methyl sites for hydroxylation is 1. The van der Waals surface area contributed by atoms with Crippen molar-refractivity contribution >= 4 is 33.4 Å². The molecule has 2 aromatic carbocycles. The molecule has 1 aliphatic rings. The number of amidine groups is 1. The van der Waals surface area contributed by atoms with E-state index in [1.54, 1.807) is 7.11 Å². The zero-order valence-electron chi connectivity index (χ0n) is 15.3. The van der Waals surface area contributed by atoms with Crippen LogP contribution in [0.4, 0.5) is 0 Å². The summed E-state index contributed by atoms with van der Waals surface area (Å²) >= 11 is 10.1. The molecule has 0 amide bonds. The Balaban J connectivity index is 1.91. The summed E-state index contributed by atoms with van der Waals surface area (Å²) in [5, 5.41) is 0.806. The van der Waals surface area contributed by atoms with Gasteiger partial charge in [-0.3, -0.25) is 4.99 Å². The zero-order chi connectivity index (χ0) is 18.5. The number of hydrogen-bond donors (Lipinski definition) is 0. The van der Waals surface area contributed by atoms with Crippen LogP contribution in [0.2, 0.25) is 5.02 Å². The Labute approximate surface area is 169 Å². The van der Waals surface area contributed by atoms with Gasteiger partial charge in [0.25, 0.3) is 0 Å². The SMILES string of the molecule is CCN1CCCN=C1c1cccc(Cl)c1CCc1cc(Br)ccc1OC. The molecule has 5 heteroatoms. The van der Waals surface area contributed by atoms with Crippen LogP contribution >= 0.6 is 27.5 Å². The summed E-state index contributed by atoms with van der Waals surface area (Å²) in [7, 11) is 1.71. The molecular weight excluding hydrogens is 412 g/mol. The number of methoxy groups -OCH3 is 1. The second-order valence-corrected chi connectivity index (χ2v) is 7.68. The molecule has 0 saturated carbocycles. The van der Waals surface area contributed by atoms with Gasteiger partial charge in [0.05, 0.1) is 7.11 Å². The van der Waals surface area contributed by atoms with Gasteiger partial charge in [-0.05, 0) is 61.6 Å². The van der Waals surface area contributed by atoms with Gasteiger partial charge in [-0.15, -0.1) is 0 Å². The first-order valence-corrected chi connectivity index (χ1v) is 10.2. The fourth-order valence-corrected chi connectivity index (χ4v) is 4.12. The lowest BCUT2D eigenvalue weighted by molar-refractivity contribution is 0.409. The first-order valence-electron chi connectivity index (χ1n) is 9.03. The van der Waals surface area contributed by atoms with Gasteiger partial charge in [0.1, 0.15) is 11.6 Å². The van der Waals surface area contributed by atoms with Crippen LogP contribution in [0, 0.1) is 0 Å². The summed E-state index contributed by atoms with van der Waals surface area (Å²) in [4.78, 5) is 7.15. The van der Waals surface area contributed by atoms with Gasteiger partial charge in [0, 0.05) is 34.7 Å². The van der Waals surface area contributed by atoms with Crippen molar-refractivity contribution in [2.24, 2.45) is 4.99 Å². The minimum Gasteiger partial charge on any atom is -0.496 e. The predicted molar refractivity (Wildman–Crippen MR) is 113 cm³/mol. The highest BCUT2D eigenvalue weighted by Gasteiger charge is 2.20. The van der Waals surface area contributed by atoms with Crippen LogP contribution in [0.25, 0.3) is 0 Å². The molecule has 26 heavy (non-hydrogen) atoms. The van der Waals surface area contributed by atoms with Crippen LogP contribution in [0.5, 0.6) is 5.75 Å². The molecule has 0 unspecified atom stereocenters. The van der Waals surface area contributed by atoms with Gasteiger partial charge in [-0.1, -0.05) is 39.7 Å². The van der Waals surface area contributed by atoms with Gasteiger partial charge < -0.3 is 9.64 Å². The molecule has 2 aromatic rings. The molecule has 0 spiro atoms. The monoisotopic (exact) mass is 434 g/mol. The second kappa shape index (κ2) is 8.92. The van der Waals surface area contributed by atoms with E-state index < -0.39 is 0 Å². The van der Waals surface area contributed by atoms with Crippen molar-refractivity contribution in [1.82, 2.24) is 4.90 Å². The Bertz CT molecular complexity index is 807. The lowest BCUT2D eigenvalue weighted by Crippen LogP contribution is -2.36. The molecule has 1 heterocycles. The van der Waals surface area contributed by atoms with Crippen LogP contribution in [-0.4, -0.2) is 37.5 Å². The highest BCUT2D eigenvalue weighted by molar-refractivity contribution is 9.10. The smallest absolute Gasteiger partial charge is 0.131 e. The fourth-order valence-electron chi connectivity index (χ4n) is 3.44. The molecule has 138 valence electrons. The third kappa shape index (κ3) is 4.24. The fraction of sp³-hybridized carbons (Fsp3) is 0.381. The molecule has 3 rings (SSSR count). The highest BCUT2D eigenvalue weighted by Crippen LogP contribution is 2.28. The Morgan fingerprint density at radius 3 is 2.85 bits per heavy atom. The summed E-state index contributed by atoms with van der Waals surface area (Å²) in [6, 6.07) is 12.2. The number of halogens is 2. The summed E-state index contributed by atoms with van der Waals surface area (Å²) in [5.74, 6) is 1.99. The third-order valence-electron chi connectivity index (χ3n) is 4.78. The number of benzene rings is 2. The molecule has 3 nitrogen and oxygen atoms in total. The number of aliphatic imine (C=N–C) groups is 1. The molecule has 0 bridgehead atoms. The summed E-state index contributed by atoms with van der Waals surface area (Å²) < 4.78 is 6.57. The minimum atomic E-state index is 0.806. The molecule has 0 fully saturated rings. The number of ether oxygens (including phenoxy) is 1. The van der Waals surface area contributed by atoms with E-state index >= 15 is 0 Å². The van der Waals surface area contributed by atoms with E-state index in [9.17, 15) is 0 Å². The molecule has 0 saturated heterocycles. The largest absolute Gasteiger partial charge is 0.496 e. The Morgan fingerprint density at radius 1 is 1.23 bits per heavy atom. The van der Waals surface area contributed by atoms with Crippen LogP contribution in [0.15, 0.2) is 45.9 Å². The standard InChI is InChI=1S/C21H24BrClN2O/c1-3-25-13-5-12-24-21(25)18-6-4-7-19(23)17(18)10-8-15-14-16(22)9-11-20(15)26-2/h4,6-7,9,11,14H,3,5,8,10,12-13H2,1-2H3.